The van der Waals surface area contributed by atoms with Gasteiger partial charge in [-0.05, 0) is 63.5 Å². The third kappa shape index (κ3) is 3.42. The van der Waals surface area contributed by atoms with E-state index in [9.17, 15) is 9.90 Å². The average Bonchev–Trinajstić information content (AvgIpc) is 3.39. The Kier molecular flexibility index (Phi) is 4.61. The number of aliphatic hydroxyl groups is 1. The van der Waals surface area contributed by atoms with Crippen molar-refractivity contribution in [2.24, 2.45) is 5.92 Å². The summed E-state index contributed by atoms with van der Waals surface area (Å²) >= 11 is 0. The van der Waals surface area contributed by atoms with Crippen LogP contribution in [0.5, 0.6) is 0 Å². The number of nitriles is 1. The molecule has 2 aliphatic carbocycles. The second kappa shape index (κ2) is 6.94. The molecule has 0 spiro atoms. The molecule has 5 nitrogen and oxygen atoms in total. The molecule has 2 aliphatic rings. The Balaban J connectivity index is 1.75. The largest absolute Gasteiger partial charge is 0.393 e. The van der Waals surface area contributed by atoms with Gasteiger partial charge in [-0.1, -0.05) is 12.1 Å². The highest BCUT2D eigenvalue weighted by Crippen LogP contribution is 2.47. The Labute approximate surface area is 159 Å². The summed E-state index contributed by atoms with van der Waals surface area (Å²) in [5.74, 6) is 0.831. The molecule has 0 aliphatic heterocycles. The van der Waals surface area contributed by atoms with E-state index in [0.29, 0.717) is 17.9 Å². The number of aliphatic hydroxyl groups excluding tert-OH is 1. The summed E-state index contributed by atoms with van der Waals surface area (Å²) < 4.78 is 1.89. The monoisotopic (exact) mass is 363 g/mol. The maximum atomic E-state index is 13.2. The zero-order valence-electron chi connectivity index (χ0n) is 15.9. The topological polar surface area (TPSA) is 78.9 Å². The molecule has 0 radical (unpaired) electrons. The molecule has 0 atom stereocenters. The summed E-state index contributed by atoms with van der Waals surface area (Å²) in [6.45, 7) is 4.10. The molecule has 0 saturated heterocycles. The molecular weight excluding hydrogens is 338 g/mol. The molecule has 1 aromatic heterocycles. The van der Waals surface area contributed by atoms with E-state index in [4.69, 9.17) is 10.4 Å². The van der Waals surface area contributed by atoms with Crippen molar-refractivity contribution in [3.63, 3.8) is 0 Å². The van der Waals surface area contributed by atoms with Crippen LogP contribution in [0.25, 0.3) is 11.3 Å². The van der Waals surface area contributed by atoms with Crippen molar-refractivity contribution in [2.45, 2.75) is 64.0 Å². The van der Waals surface area contributed by atoms with E-state index in [1.165, 1.54) is 0 Å². The van der Waals surface area contributed by atoms with Gasteiger partial charge < -0.3 is 5.11 Å². The predicted molar refractivity (Wildman–Crippen MR) is 102 cm³/mol. The number of carbonyl (C=O) groups is 1. The van der Waals surface area contributed by atoms with E-state index in [1.54, 1.807) is 12.1 Å². The molecule has 0 amide bonds. The van der Waals surface area contributed by atoms with Gasteiger partial charge in [0.05, 0.1) is 23.4 Å². The minimum Gasteiger partial charge on any atom is -0.393 e. The third-order valence-corrected chi connectivity index (χ3v) is 5.66. The zero-order valence-corrected chi connectivity index (χ0v) is 15.9. The van der Waals surface area contributed by atoms with Gasteiger partial charge >= 0.3 is 0 Å². The van der Waals surface area contributed by atoms with E-state index in [0.717, 1.165) is 48.2 Å². The molecule has 0 bridgehead atoms. The van der Waals surface area contributed by atoms with Crippen molar-refractivity contribution < 1.29 is 9.90 Å². The van der Waals surface area contributed by atoms with E-state index >= 15 is 0 Å². The maximum Gasteiger partial charge on any atom is 0.181 e. The molecule has 0 unspecified atom stereocenters. The highest BCUT2D eigenvalue weighted by atomic mass is 16.3. The van der Waals surface area contributed by atoms with Gasteiger partial charge in [-0.3, -0.25) is 9.48 Å². The van der Waals surface area contributed by atoms with E-state index in [1.807, 2.05) is 16.8 Å². The summed E-state index contributed by atoms with van der Waals surface area (Å²) in [5.41, 5.74) is 4.30. The number of nitrogens with zero attached hydrogens (tertiary/aromatic N) is 3. The first-order valence-corrected chi connectivity index (χ1v) is 9.82. The van der Waals surface area contributed by atoms with Crippen LogP contribution in [0.1, 0.15) is 79.5 Å². The minimum absolute atomic E-state index is 0.0977. The summed E-state index contributed by atoms with van der Waals surface area (Å²) in [4.78, 5) is 13.2. The number of ketones is 1. The van der Waals surface area contributed by atoms with Crippen molar-refractivity contribution in [1.82, 2.24) is 9.78 Å². The Hall–Kier alpha value is -2.45. The Morgan fingerprint density at radius 3 is 2.48 bits per heavy atom. The lowest BCUT2D eigenvalue weighted by Crippen LogP contribution is -2.30. The number of rotatable bonds is 6. The van der Waals surface area contributed by atoms with Gasteiger partial charge in [-0.15, -0.1) is 0 Å². The molecule has 4 rings (SSSR count). The highest BCUT2D eigenvalue weighted by Gasteiger charge is 2.37. The number of Topliss-reactive ketones (excluding diaryl/α,β-unsaturated/α-hetero) is 1. The molecule has 2 aromatic rings. The smallest absolute Gasteiger partial charge is 0.181 e. The van der Waals surface area contributed by atoms with Crippen LogP contribution < -0.4 is 0 Å². The first kappa shape index (κ1) is 17.9. The quantitative estimate of drug-likeness (QED) is 0.779. The van der Waals surface area contributed by atoms with Crippen molar-refractivity contribution >= 4 is 5.78 Å². The molecule has 5 heteroatoms. The second-order valence-electron chi connectivity index (χ2n) is 8.23. The molecular formula is C22H25N3O2. The standard InChI is InChI=1S/C22H25N3O2/c1-13(2)25-22(19(27)11-15-9-18(26)10-15)20(16-7-8-16)21(24-25)17-5-3-14(12-23)4-6-17/h3-6,13,15-16,18,26H,7-11H2,1-2H3. The van der Waals surface area contributed by atoms with Crippen molar-refractivity contribution in [1.29, 1.82) is 5.26 Å². The predicted octanol–water partition coefficient (Wildman–Crippen LogP) is 4.22. The van der Waals surface area contributed by atoms with E-state index in [-0.39, 0.29) is 23.8 Å². The van der Waals surface area contributed by atoms with Crippen LogP contribution in [-0.4, -0.2) is 26.8 Å². The van der Waals surface area contributed by atoms with Crippen LogP contribution in [0.2, 0.25) is 0 Å². The number of hydrogen-bond donors (Lipinski definition) is 1. The van der Waals surface area contributed by atoms with Crippen LogP contribution in [0.3, 0.4) is 0 Å². The fraction of sp³-hybridized carbons (Fsp3) is 0.500. The van der Waals surface area contributed by atoms with E-state index < -0.39 is 0 Å². The highest BCUT2D eigenvalue weighted by molar-refractivity contribution is 5.98. The summed E-state index contributed by atoms with van der Waals surface area (Å²) in [7, 11) is 0. The van der Waals surface area contributed by atoms with Gasteiger partial charge in [-0.25, -0.2) is 0 Å². The fourth-order valence-corrected chi connectivity index (χ4v) is 4.00. The first-order chi connectivity index (χ1) is 13.0. The average molecular weight is 363 g/mol. The molecule has 1 N–H and O–H groups in total. The fourth-order valence-electron chi connectivity index (χ4n) is 4.00. The van der Waals surface area contributed by atoms with Gasteiger partial charge in [0.1, 0.15) is 5.69 Å². The van der Waals surface area contributed by atoms with Gasteiger partial charge in [0, 0.05) is 23.6 Å². The van der Waals surface area contributed by atoms with Crippen molar-refractivity contribution in [2.75, 3.05) is 0 Å². The maximum absolute atomic E-state index is 13.2. The van der Waals surface area contributed by atoms with Gasteiger partial charge in [-0.2, -0.15) is 10.4 Å². The Morgan fingerprint density at radius 1 is 1.30 bits per heavy atom. The molecule has 1 aromatic carbocycles. The van der Waals surface area contributed by atoms with Crippen LogP contribution >= 0.6 is 0 Å². The lowest BCUT2D eigenvalue weighted by atomic mass is 9.78. The Morgan fingerprint density at radius 2 is 1.96 bits per heavy atom. The summed E-state index contributed by atoms with van der Waals surface area (Å²) in [6.07, 6.45) is 3.88. The Bertz CT molecular complexity index is 895. The molecule has 140 valence electrons. The first-order valence-electron chi connectivity index (χ1n) is 9.82. The van der Waals surface area contributed by atoms with Crippen molar-refractivity contribution in [3.8, 4) is 17.3 Å². The number of benzene rings is 1. The zero-order chi connectivity index (χ0) is 19.1. The van der Waals surface area contributed by atoms with Crippen LogP contribution in [0, 0.1) is 17.2 Å². The van der Waals surface area contributed by atoms with E-state index in [2.05, 4.69) is 19.9 Å². The third-order valence-electron chi connectivity index (χ3n) is 5.66. The van der Waals surface area contributed by atoms with Gasteiger partial charge in [0.2, 0.25) is 0 Å². The molecule has 27 heavy (non-hydrogen) atoms. The summed E-state index contributed by atoms with van der Waals surface area (Å²) in [5, 5.41) is 23.4. The van der Waals surface area contributed by atoms with Crippen LogP contribution in [-0.2, 0) is 0 Å². The second-order valence-corrected chi connectivity index (χ2v) is 8.23. The van der Waals surface area contributed by atoms with Crippen LogP contribution in [0.15, 0.2) is 24.3 Å². The molecule has 2 saturated carbocycles. The van der Waals surface area contributed by atoms with Gasteiger partial charge in [0.25, 0.3) is 0 Å². The lowest BCUT2D eigenvalue weighted by Gasteiger charge is -2.30. The molecule has 2 fully saturated rings. The normalized spacial score (nSPS) is 21.7. The minimum atomic E-state index is -0.241. The molecule has 1 heterocycles. The van der Waals surface area contributed by atoms with Gasteiger partial charge in [0.15, 0.2) is 5.78 Å². The number of carbonyl (C=O) groups excluding carboxylic acids is 1. The summed E-state index contributed by atoms with van der Waals surface area (Å²) in [6, 6.07) is 9.70. The van der Waals surface area contributed by atoms with Crippen LogP contribution in [0.4, 0.5) is 0 Å². The SMILES string of the molecule is CC(C)n1nc(-c2ccc(C#N)cc2)c(C2CC2)c1C(=O)CC1CC(O)C1. The number of hydrogen-bond acceptors (Lipinski definition) is 4. The number of aromatic nitrogens is 2. The lowest BCUT2D eigenvalue weighted by molar-refractivity contribution is 0.0378. The van der Waals surface area contributed by atoms with Crippen molar-refractivity contribution in [3.05, 3.63) is 41.1 Å².